The molecule has 1 heterocycles. The Morgan fingerprint density at radius 3 is 2.35 bits per heavy atom. The van der Waals surface area contributed by atoms with Crippen LogP contribution in [0.1, 0.15) is 18.5 Å². The van der Waals surface area contributed by atoms with E-state index in [1.807, 2.05) is 13.0 Å². The van der Waals surface area contributed by atoms with Gasteiger partial charge in [-0.1, -0.05) is 24.3 Å². The zero-order valence-corrected chi connectivity index (χ0v) is 19.9. The molecule has 1 aromatic heterocycles. The van der Waals surface area contributed by atoms with E-state index in [2.05, 4.69) is 4.98 Å². The standard InChI is InChI=1S/C25H25FN2O5S/c1-4-33-24-14-18(8-12-23(24)32-2)22(15-34(3,30)31)28-21-11-7-17(13-20(21)27-25(28)29)16-5-9-19(26)10-6-16/h5-14,22H,4,15H2,1-3H3,(H,27,29)/t22-/m0/s1. The molecular weight excluding hydrogens is 459 g/mol. The highest BCUT2D eigenvalue weighted by atomic mass is 32.2. The van der Waals surface area contributed by atoms with E-state index in [4.69, 9.17) is 9.47 Å². The molecule has 0 fully saturated rings. The van der Waals surface area contributed by atoms with Gasteiger partial charge in [-0.2, -0.15) is 0 Å². The summed E-state index contributed by atoms with van der Waals surface area (Å²) in [5.41, 5.74) is 2.85. The Hall–Kier alpha value is -3.59. The second-order valence-electron chi connectivity index (χ2n) is 7.99. The lowest BCUT2D eigenvalue weighted by Crippen LogP contribution is -2.28. The predicted molar refractivity (Wildman–Crippen MR) is 130 cm³/mol. The maximum atomic E-state index is 13.3. The fraction of sp³-hybridized carbons (Fsp3) is 0.240. The lowest BCUT2D eigenvalue weighted by molar-refractivity contribution is 0.310. The predicted octanol–water partition coefficient (Wildman–Crippen LogP) is 4.18. The van der Waals surface area contributed by atoms with Gasteiger partial charge >= 0.3 is 5.69 Å². The molecule has 9 heteroatoms. The molecule has 0 amide bonds. The Bertz CT molecular complexity index is 1490. The van der Waals surface area contributed by atoms with E-state index in [9.17, 15) is 17.6 Å². The van der Waals surface area contributed by atoms with Gasteiger partial charge in [-0.05, 0) is 60.0 Å². The van der Waals surface area contributed by atoms with Crippen LogP contribution in [0.4, 0.5) is 4.39 Å². The van der Waals surface area contributed by atoms with Crippen LogP contribution in [-0.4, -0.2) is 43.7 Å². The van der Waals surface area contributed by atoms with Crippen molar-refractivity contribution in [1.82, 2.24) is 9.55 Å². The summed E-state index contributed by atoms with van der Waals surface area (Å²) in [6.45, 7) is 2.23. The molecular formula is C25H25FN2O5S. The van der Waals surface area contributed by atoms with E-state index in [0.29, 0.717) is 34.7 Å². The van der Waals surface area contributed by atoms with Gasteiger partial charge in [0, 0.05) is 6.26 Å². The number of sulfone groups is 1. The van der Waals surface area contributed by atoms with Crippen molar-refractivity contribution in [2.45, 2.75) is 13.0 Å². The van der Waals surface area contributed by atoms with E-state index in [-0.39, 0.29) is 11.6 Å². The van der Waals surface area contributed by atoms with Gasteiger partial charge in [-0.3, -0.25) is 4.57 Å². The summed E-state index contributed by atoms with van der Waals surface area (Å²) in [6.07, 6.45) is 1.14. The number of nitrogens with zero attached hydrogens (tertiary/aromatic N) is 1. The van der Waals surface area contributed by atoms with E-state index >= 15 is 0 Å². The first-order valence-electron chi connectivity index (χ1n) is 10.7. The van der Waals surface area contributed by atoms with Crippen molar-refractivity contribution in [3.63, 3.8) is 0 Å². The number of H-pyrrole nitrogens is 1. The summed E-state index contributed by atoms with van der Waals surface area (Å²) in [6, 6.07) is 15.8. The van der Waals surface area contributed by atoms with Crippen LogP contribution >= 0.6 is 0 Å². The normalized spacial score (nSPS) is 12.6. The van der Waals surface area contributed by atoms with Gasteiger partial charge in [-0.25, -0.2) is 17.6 Å². The molecule has 0 saturated carbocycles. The van der Waals surface area contributed by atoms with E-state index in [1.165, 1.54) is 23.8 Å². The molecule has 0 spiro atoms. The van der Waals surface area contributed by atoms with Crippen molar-refractivity contribution in [1.29, 1.82) is 0 Å². The second-order valence-corrected chi connectivity index (χ2v) is 10.2. The van der Waals surface area contributed by atoms with Crippen LogP contribution in [-0.2, 0) is 9.84 Å². The van der Waals surface area contributed by atoms with Gasteiger partial charge in [0.1, 0.15) is 15.7 Å². The largest absolute Gasteiger partial charge is 0.493 e. The number of aromatic nitrogens is 2. The topological polar surface area (TPSA) is 90.4 Å². The SMILES string of the molecule is CCOc1cc([C@H](CS(C)(=O)=O)n2c(=O)[nH]c3cc(-c4ccc(F)cc4)ccc32)ccc1OC. The third-order valence-corrected chi connectivity index (χ3v) is 6.46. The minimum Gasteiger partial charge on any atom is -0.493 e. The number of benzene rings is 3. The summed E-state index contributed by atoms with van der Waals surface area (Å²) < 4.78 is 50.4. The summed E-state index contributed by atoms with van der Waals surface area (Å²) in [5, 5.41) is 0. The minimum absolute atomic E-state index is 0.280. The van der Waals surface area contributed by atoms with Crippen LogP contribution in [0.3, 0.4) is 0 Å². The summed E-state index contributed by atoms with van der Waals surface area (Å²) in [5.74, 6) is 0.364. The molecule has 1 atom stereocenters. The van der Waals surface area contributed by atoms with E-state index in [0.717, 1.165) is 17.4 Å². The summed E-state index contributed by atoms with van der Waals surface area (Å²) in [7, 11) is -1.94. The summed E-state index contributed by atoms with van der Waals surface area (Å²) in [4.78, 5) is 15.9. The number of halogens is 1. The van der Waals surface area contributed by atoms with Crippen LogP contribution in [0.25, 0.3) is 22.2 Å². The number of hydrogen-bond donors (Lipinski definition) is 1. The molecule has 4 rings (SSSR count). The zero-order chi connectivity index (χ0) is 24.5. The number of ether oxygens (including phenoxy) is 2. The molecule has 34 heavy (non-hydrogen) atoms. The fourth-order valence-electron chi connectivity index (χ4n) is 4.04. The van der Waals surface area contributed by atoms with Gasteiger partial charge in [0.15, 0.2) is 11.5 Å². The maximum Gasteiger partial charge on any atom is 0.327 e. The van der Waals surface area contributed by atoms with Gasteiger partial charge < -0.3 is 14.5 Å². The quantitative estimate of drug-likeness (QED) is 0.405. The van der Waals surface area contributed by atoms with Crippen molar-refractivity contribution in [3.8, 4) is 22.6 Å². The maximum absolute atomic E-state index is 13.3. The summed E-state index contributed by atoms with van der Waals surface area (Å²) >= 11 is 0. The molecule has 7 nitrogen and oxygen atoms in total. The number of fused-ring (bicyclic) bond motifs is 1. The number of methoxy groups -OCH3 is 1. The second kappa shape index (κ2) is 9.34. The molecule has 0 saturated heterocycles. The van der Waals surface area contributed by atoms with Crippen LogP contribution < -0.4 is 15.2 Å². The van der Waals surface area contributed by atoms with Crippen molar-refractivity contribution >= 4 is 20.9 Å². The Morgan fingerprint density at radius 2 is 1.71 bits per heavy atom. The van der Waals surface area contributed by atoms with Crippen LogP contribution in [0.2, 0.25) is 0 Å². The fourth-order valence-corrected chi connectivity index (χ4v) is 4.95. The molecule has 0 aliphatic heterocycles. The molecule has 178 valence electrons. The van der Waals surface area contributed by atoms with Crippen molar-refractivity contribution in [3.05, 3.63) is 82.5 Å². The molecule has 0 aliphatic carbocycles. The van der Waals surface area contributed by atoms with Crippen molar-refractivity contribution in [2.24, 2.45) is 0 Å². The lowest BCUT2D eigenvalue weighted by atomic mass is 10.0. The van der Waals surface area contributed by atoms with Crippen molar-refractivity contribution in [2.75, 3.05) is 25.7 Å². The number of imidazole rings is 1. The van der Waals surface area contributed by atoms with E-state index < -0.39 is 21.6 Å². The number of hydrogen-bond acceptors (Lipinski definition) is 5. The molecule has 0 radical (unpaired) electrons. The van der Waals surface area contributed by atoms with Crippen LogP contribution in [0.5, 0.6) is 11.5 Å². The minimum atomic E-state index is -3.46. The van der Waals surface area contributed by atoms with E-state index in [1.54, 1.807) is 42.5 Å². The molecule has 0 aliphatic rings. The molecule has 1 N–H and O–H groups in total. The number of nitrogens with one attached hydrogen (secondary N) is 1. The third-order valence-electron chi connectivity index (χ3n) is 5.54. The van der Waals surface area contributed by atoms with Crippen molar-refractivity contribution < 1.29 is 22.3 Å². The Kier molecular flexibility index (Phi) is 6.47. The highest BCUT2D eigenvalue weighted by molar-refractivity contribution is 7.90. The number of rotatable bonds is 8. The average Bonchev–Trinajstić information content (AvgIpc) is 3.12. The Balaban J connectivity index is 1.86. The number of aromatic amines is 1. The molecule has 4 aromatic rings. The smallest absolute Gasteiger partial charge is 0.327 e. The Labute approximate surface area is 196 Å². The lowest BCUT2D eigenvalue weighted by Gasteiger charge is -2.20. The third kappa shape index (κ3) is 4.84. The molecule has 0 bridgehead atoms. The van der Waals surface area contributed by atoms with Gasteiger partial charge in [0.2, 0.25) is 0 Å². The highest BCUT2D eigenvalue weighted by Crippen LogP contribution is 2.33. The van der Waals surface area contributed by atoms with Gasteiger partial charge in [0.25, 0.3) is 0 Å². The zero-order valence-electron chi connectivity index (χ0n) is 19.0. The monoisotopic (exact) mass is 484 g/mol. The first-order valence-corrected chi connectivity index (χ1v) is 12.7. The van der Waals surface area contributed by atoms with Gasteiger partial charge in [0.05, 0.1) is 36.5 Å². The Morgan fingerprint density at radius 1 is 1.00 bits per heavy atom. The molecule has 0 unspecified atom stereocenters. The highest BCUT2D eigenvalue weighted by Gasteiger charge is 2.25. The first kappa shape index (κ1) is 23.6. The van der Waals surface area contributed by atoms with Crippen LogP contribution in [0.15, 0.2) is 65.5 Å². The first-order chi connectivity index (χ1) is 16.2. The van der Waals surface area contributed by atoms with Gasteiger partial charge in [-0.15, -0.1) is 0 Å². The molecule has 3 aromatic carbocycles. The van der Waals surface area contributed by atoms with Crippen LogP contribution in [0, 0.1) is 5.82 Å². The average molecular weight is 485 g/mol.